The molecule has 0 aromatic heterocycles. The van der Waals surface area contributed by atoms with Crippen LogP contribution in [0.5, 0.6) is 5.75 Å². The second-order valence-electron chi connectivity index (χ2n) is 5.90. The van der Waals surface area contributed by atoms with Crippen LogP contribution in [0.4, 0.5) is 0 Å². The van der Waals surface area contributed by atoms with E-state index < -0.39 is 11.4 Å². The fourth-order valence-corrected chi connectivity index (χ4v) is 3.21. The van der Waals surface area contributed by atoms with Gasteiger partial charge in [0.2, 0.25) is 5.91 Å². The number of nitrogens with zero attached hydrogens (tertiary/aromatic N) is 1. The van der Waals surface area contributed by atoms with E-state index in [0.717, 1.165) is 15.8 Å². The standard InChI is InChI=1S/C16H20BrNO4/c1-16(15(20)21)7-8-18(10-16)14(19)6-4-11-3-5-13(22-2)12(17)9-11/h3,5,9H,4,6-8,10H2,1-2H3,(H,20,21)/t16-/m0/s1. The SMILES string of the molecule is COc1ccc(CCC(=O)N2CC[C@](C)(C(=O)O)C2)cc1Br. The van der Waals surface area contributed by atoms with E-state index in [4.69, 9.17) is 4.74 Å². The van der Waals surface area contributed by atoms with Gasteiger partial charge in [0.25, 0.3) is 0 Å². The van der Waals surface area contributed by atoms with Crippen LogP contribution in [0.15, 0.2) is 22.7 Å². The van der Waals surface area contributed by atoms with Gasteiger partial charge in [-0.1, -0.05) is 6.07 Å². The first-order chi connectivity index (χ1) is 10.4. The van der Waals surface area contributed by atoms with Gasteiger partial charge >= 0.3 is 5.97 Å². The number of carbonyl (C=O) groups is 2. The number of rotatable bonds is 5. The highest BCUT2D eigenvalue weighted by Gasteiger charge is 2.41. The van der Waals surface area contributed by atoms with Gasteiger partial charge < -0.3 is 14.7 Å². The van der Waals surface area contributed by atoms with E-state index in [1.807, 2.05) is 18.2 Å². The molecule has 0 spiro atoms. The quantitative estimate of drug-likeness (QED) is 0.866. The smallest absolute Gasteiger partial charge is 0.311 e. The van der Waals surface area contributed by atoms with Gasteiger partial charge in [0.15, 0.2) is 0 Å². The first-order valence-electron chi connectivity index (χ1n) is 7.19. The van der Waals surface area contributed by atoms with E-state index in [2.05, 4.69) is 15.9 Å². The lowest BCUT2D eigenvalue weighted by molar-refractivity contribution is -0.147. The Morgan fingerprint density at radius 1 is 1.45 bits per heavy atom. The molecule has 6 heteroatoms. The number of hydrogen-bond donors (Lipinski definition) is 1. The number of hydrogen-bond acceptors (Lipinski definition) is 3. The van der Waals surface area contributed by atoms with Crippen molar-refractivity contribution in [3.05, 3.63) is 28.2 Å². The van der Waals surface area contributed by atoms with Crippen molar-refractivity contribution < 1.29 is 19.4 Å². The minimum Gasteiger partial charge on any atom is -0.496 e. The Hall–Kier alpha value is -1.56. The van der Waals surface area contributed by atoms with Gasteiger partial charge in [0, 0.05) is 19.5 Å². The van der Waals surface area contributed by atoms with Crippen LogP contribution in [-0.4, -0.2) is 42.1 Å². The topological polar surface area (TPSA) is 66.8 Å². The van der Waals surface area contributed by atoms with Crippen LogP contribution in [-0.2, 0) is 16.0 Å². The van der Waals surface area contributed by atoms with E-state index in [1.54, 1.807) is 18.9 Å². The minimum absolute atomic E-state index is 0.0110. The normalized spacial score (nSPS) is 21.0. The van der Waals surface area contributed by atoms with Crippen LogP contribution in [0.2, 0.25) is 0 Å². The first-order valence-corrected chi connectivity index (χ1v) is 7.98. The number of aliphatic carboxylic acids is 1. The largest absolute Gasteiger partial charge is 0.496 e. The third-order valence-electron chi connectivity index (χ3n) is 4.19. The highest BCUT2D eigenvalue weighted by molar-refractivity contribution is 9.10. The van der Waals surface area contributed by atoms with Crippen LogP contribution in [0.3, 0.4) is 0 Å². The Labute approximate surface area is 138 Å². The van der Waals surface area contributed by atoms with Gasteiger partial charge in [-0.3, -0.25) is 9.59 Å². The molecular formula is C16H20BrNO4. The molecule has 1 saturated heterocycles. The summed E-state index contributed by atoms with van der Waals surface area (Å²) >= 11 is 3.43. The van der Waals surface area contributed by atoms with E-state index in [0.29, 0.717) is 32.4 Å². The second-order valence-corrected chi connectivity index (χ2v) is 6.75. The summed E-state index contributed by atoms with van der Waals surface area (Å²) in [5.41, 5.74) is 0.236. The number of likely N-dealkylation sites (tertiary alicyclic amines) is 1. The summed E-state index contributed by atoms with van der Waals surface area (Å²) < 4.78 is 6.04. The molecule has 0 unspecified atom stereocenters. The number of aryl methyl sites for hydroxylation is 1. The van der Waals surface area contributed by atoms with Crippen LogP contribution in [0.25, 0.3) is 0 Å². The molecule has 1 heterocycles. The number of methoxy groups -OCH3 is 1. The van der Waals surface area contributed by atoms with Crippen LogP contribution >= 0.6 is 15.9 Å². The van der Waals surface area contributed by atoms with Gasteiger partial charge in [0.05, 0.1) is 17.0 Å². The highest BCUT2D eigenvalue weighted by atomic mass is 79.9. The molecule has 0 saturated carbocycles. The summed E-state index contributed by atoms with van der Waals surface area (Å²) in [5.74, 6) is -0.0642. The monoisotopic (exact) mass is 369 g/mol. The van der Waals surface area contributed by atoms with Crippen molar-refractivity contribution in [1.82, 2.24) is 4.90 Å². The van der Waals surface area contributed by atoms with Gasteiger partial charge in [0.1, 0.15) is 5.75 Å². The van der Waals surface area contributed by atoms with Crippen molar-refractivity contribution in [2.24, 2.45) is 5.41 Å². The van der Waals surface area contributed by atoms with E-state index in [-0.39, 0.29) is 5.91 Å². The molecule has 0 aliphatic carbocycles. The molecule has 2 rings (SSSR count). The zero-order valence-electron chi connectivity index (χ0n) is 12.8. The van der Waals surface area contributed by atoms with Crippen LogP contribution < -0.4 is 4.74 Å². The third-order valence-corrected chi connectivity index (χ3v) is 4.81. The van der Waals surface area contributed by atoms with Crippen molar-refractivity contribution in [3.63, 3.8) is 0 Å². The molecule has 5 nitrogen and oxygen atoms in total. The van der Waals surface area contributed by atoms with Crippen molar-refractivity contribution in [3.8, 4) is 5.75 Å². The van der Waals surface area contributed by atoms with Crippen molar-refractivity contribution in [1.29, 1.82) is 0 Å². The summed E-state index contributed by atoms with van der Waals surface area (Å²) in [5, 5.41) is 9.20. The maximum Gasteiger partial charge on any atom is 0.311 e. The Bertz CT molecular complexity index is 590. The molecule has 22 heavy (non-hydrogen) atoms. The maximum atomic E-state index is 12.2. The lowest BCUT2D eigenvalue weighted by Crippen LogP contribution is -2.34. The van der Waals surface area contributed by atoms with Crippen molar-refractivity contribution in [2.75, 3.05) is 20.2 Å². The number of carboxylic acids is 1. The van der Waals surface area contributed by atoms with Crippen molar-refractivity contribution >= 4 is 27.8 Å². The molecule has 1 N–H and O–H groups in total. The van der Waals surface area contributed by atoms with Gasteiger partial charge in [-0.25, -0.2) is 0 Å². The van der Waals surface area contributed by atoms with Crippen LogP contribution in [0, 0.1) is 5.41 Å². The Balaban J connectivity index is 1.91. The lowest BCUT2D eigenvalue weighted by Gasteiger charge is -2.20. The van der Waals surface area contributed by atoms with Crippen LogP contribution in [0.1, 0.15) is 25.3 Å². The minimum atomic E-state index is -0.832. The lowest BCUT2D eigenvalue weighted by atomic mass is 9.90. The van der Waals surface area contributed by atoms with Gasteiger partial charge in [-0.15, -0.1) is 0 Å². The van der Waals surface area contributed by atoms with E-state index in [9.17, 15) is 14.7 Å². The molecule has 1 aliphatic heterocycles. The number of carboxylic acid groups (broad SMARTS) is 1. The van der Waals surface area contributed by atoms with E-state index in [1.165, 1.54) is 0 Å². The van der Waals surface area contributed by atoms with Gasteiger partial charge in [-0.05, 0) is 53.4 Å². The fourth-order valence-electron chi connectivity index (χ4n) is 2.62. The van der Waals surface area contributed by atoms with Crippen molar-refractivity contribution in [2.45, 2.75) is 26.2 Å². The fraction of sp³-hybridized carbons (Fsp3) is 0.500. The Kier molecular flexibility index (Phi) is 5.11. The summed E-state index contributed by atoms with van der Waals surface area (Å²) in [7, 11) is 1.61. The summed E-state index contributed by atoms with van der Waals surface area (Å²) in [6.07, 6.45) is 1.53. The Morgan fingerprint density at radius 2 is 2.18 bits per heavy atom. The summed E-state index contributed by atoms with van der Waals surface area (Å²) in [4.78, 5) is 25.1. The van der Waals surface area contributed by atoms with Gasteiger partial charge in [-0.2, -0.15) is 0 Å². The molecule has 1 aliphatic rings. The second kappa shape index (κ2) is 6.69. The zero-order valence-corrected chi connectivity index (χ0v) is 14.4. The number of amides is 1. The number of carbonyl (C=O) groups excluding carboxylic acids is 1. The zero-order chi connectivity index (χ0) is 16.3. The molecule has 0 bridgehead atoms. The summed E-state index contributed by atoms with van der Waals surface area (Å²) in [6, 6.07) is 5.74. The molecule has 120 valence electrons. The predicted octanol–water partition coefficient (Wildman–Crippen LogP) is 2.71. The third kappa shape index (κ3) is 3.61. The molecular weight excluding hydrogens is 350 g/mol. The Morgan fingerprint density at radius 3 is 2.73 bits per heavy atom. The molecule has 1 aromatic carbocycles. The number of ether oxygens (including phenoxy) is 1. The molecule has 0 radical (unpaired) electrons. The number of benzene rings is 1. The predicted molar refractivity (Wildman–Crippen MR) is 86.0 cm³/mol. The number of halogens is 1. The highest BCUT2D eigenvalue weighted by Crippen LogP contribution is 2.31. The maximum absolute atomic E-state index is 12.2. The first kappa shape index (κ1) is 16.8. The average Bonchev–Trinajstić information content (AvgIpc) is 2.89. The molecule has 1 fully saturated rings. The molecule has 1 atom stereocenters. The summed E-state index contributed by atoms with van der Waals surface area (Å²) in [6.45, 7) is 2.52. The average molecular weight is 370 g/mol. The molecule has 1 aromatic rings. The van der Waals surface area contributed by atoms with E-state index >= 15 is 0 Å². The molecule has 1 amide bonds.